The van der Waals surface area contributed by atoms with Crippen molar-refractivity contribution in [1.29, 1.82) is 0 Å². The second-order valence-corrected chi connectivity index (χ2v) is 6.50. The molecule has 0 aliphatic carbocycles. The van der Waals surface area contributed by atoms with Crippen LogP contribution >= 0.6 is 0 Å². The lowest BCUT2D eigenvalue weighted by molar-refractivity contribution is 0.269. The van der Waals surface area contributed by atoms with Crippen molar-refractivity contribution in [3.8, 4) is 11.5 Å². The molecule has 0 saturated heterocycles. The Kier molecular flexibility index (Phi) is 9.69. The first-order chi connectivity index (χ1) is 13.2. The van der Waals surface area contributed by atoms with E-state index >= 15 is 0 Å². The van der Waals surface area contributed by atoms with Gasteiger partial charge < -0.3 is 25.2 Å². The highest BCUT2D eigenvalue weighted by atomic mass is 16.5. The molecule has 5 nitrogen and oxygen atoms in total. The summed E-state index contributed by atoms with van der Waals surface area (Å²) in [7, 11) is 0. The SMILES string of the molecule is CCOc1cc(CNCCCNCCO)ccc1OCc1cccc(C)c1. The van der Waals surface area contributed by atoms with Gasteiger partial charge >= 0.3 is 0 Å². The fourth-order valence-corrected chi connectivity index (χ4v) is 2.79. The van der Waals surface area contributed by atoms with E-state index < -0.39 is 0 Å². The van der Waals surface area contributed by atoms with Crippen molar-refractivity contribution in [1.82, 2.24) is 10.6 Å². The molecule has 2 rings (SSSR count). The van der Waals surface area contributed by atoms with Gasteiger partial charge in [-0.25, -0.2) is 0 Å². The minimum absolute atomic E-state index is 0.186. The molecule has 0 heterocycles. The zero-order valence-corrected chi connectivity index (χ0v) is 16.5. The van der Waals surface area contributed by atoms with Gasteiger partial charge in [-0.3, -0.25) is 0 Å². The first kappa shape index (κ1) is 21.2. The van der Waals surface area contributed by atoms with E-state index in [0.29, 0.717) is 19.8 Å². The zero-order chi connectivity index (χ0) is 19.3. The normalized spacial score (nSPS) is 10.8. The zero-order valence-electron chi connectivity index (χ0n) is 16.5. The molecule has 0 saturated carbocycles. The Morgan fingerprint density at radius 1 is 0.889 bits per heavy atom. The van der Waals surface area contributed by atoms with Crippen LogP contribution in [-0.2, 0) is 13.2 Å². The summed E-state index contributed by atoms with van der Waals surface area (Å²) in [5.41, 5.74) is 3.55. The van der Waals surface area contributed by atoms with Gasteiger partial charge in [-0.05, 0) is 56.6 Å². The highest BCUT2D eigenvalue weighted by Gasteiger charge is 2.07. The number of nitrogens with one attached hydrogen (secondary N) is 2. The molecule has 0 unspecified atom stereocenters. The Bertz CT molecular complexity index is 676. The van der Waals surface area contributed by atoms with Crippen molar-refractivity contribution in [3.05, 3.63) is 59.2 Å². The van der Waals surface area contributed by atoms with Gasteiger partial charge in [0.05, 0.1) is 13.2 Å². The Labute approximate surface area is 162 Å². The third kappa shape index (κ3) is 7.99. The molecule has 0 amide bonds. The molecule has 0 radical (unpaired) electrons. The van der Waals surface area contributed by atoms with Crippen LogP contribution in [0.25, 0.3) is 0 Å². The van der Waals surface area contributed by atoms with E-state index in [9.17, 15) is 0 Å². The summed E-state index contributed by atoms with van der Waals surface area (Å²) in [5.74, 6) is 1.56. The molecular formula is C22H32N2O3. The van der Waals surface area contributed by atoms with Gasteiger partial charge in [0.15, 0.2) is 11.5 Å². The van der Waals surface area contributed by atoms with Crippen molar-refractivity contribution in [3.63, 3.8) is 0 Å². The van der Waals surface area contributed by atoms with Crippen LogP contribution in [-0.4, -0.2) is 38.0 Å². The molecule has 5 heteroatoms. The van der Waals surface area contributed by atoms with Gasteiger partial charge in [0.1, 0.15) is 6.61 Å². The highest BCUT2D eigenvalue weighted by molar-refractivity contribution is 5.43. The Balaban J connectivity index is 1.85. The van der Waals surface area contributed by atoms with Gasteiger partial charge in [0, 0.05) is 13.1 Å². The molecule has 2 aromatic rings. The van der Waals surface area contributed by atoms with Crippen molar-refractivity contribution in [2.24, 2.45) is 0 Å². The van der Waals surface area contributed by atoms with Gasteiger partial charge in [-0.15, -0.1) is 0 Å². The fraction of sp³-hybridized carbons (Fsp3) is 0.455. The van der Waals surface area contributed by atoms with Gasteiger partial charge in [-0.2, -0.15) is 0 Å². The van der Waals surface area contributed by atoms with E-state index in [1.807, 2.05) is 25.1 Å². The molecule has 148 valence electrons. The average molecular weight is 373 g/mol. The quantitative estimate of drug-likeness (QED) is 0.472. The fourth-order valence-electron chi connectivity index (χ4n) is 2.79. The lowest BCUT2D eigenvalue weighted by Gasteiger charge is -2.14. The number of rotatable bonds is 13. The second-order valence-electron chi connectivity index (χ2n) is 6.50. The standard InChI is InChI=1S/C22H32N2O3/c1-3-26-22-15-19(16-24-11-5-10-23-12-13-25)8-9-21(22)27-17-20-7-4-6-18(2)14-20/h4,6-9,14-15,23-25H,3,5,10-13,16-17H2,1-2H3. The van der Waals surface area contributed by atoms with E-state index in [1.165, 1.54) is 11.1 Å². The van der Waals surface area contributed by atoms with Gasteiger partial charge in [-0.1, -0.05) is 35.9 Å². The molecule has 27 heavy (non-hydrogen) atoms. The lowest BCUT2D eigenvalue weighted by atomic mass is 10.1. The summed E-state index contributed by atoms with van der Waals surface area (Å²) in [6.45, 7) is 8.66. The molecule has 0 atom stereocenters. The monoisotopic (exact) mass is 372 g/mol. The highest BCUT2D eigenvalue weighted by Crippen LogP contribution is 2.29. The van der Waals surface area contributed by atoms with Gasteiger partial charge in [0.25, 0.3) is 0 Å². The maximum absolute atomic E-state index is 8.72. The summed E-state index contributed by atoms with van der Waals surface area (Å²) in [6, 6.07) is 14.4. The summed E-state index contributed by atoms with van der Waals surface area (Å²) >= 11 is 0. The topological polar surface area (TPSA) is 62.8 Å². The first-order valence-corrected chi connectivity index (χ1v) is 9.69. The Morgan fingerprint density at radius 2 is 1.74 bits per heavy atom. The van der Waals surface area contributed by atoms with Crippen LogP contribution in [0.15, 0.2) is 42.5 Å². The van der Waals surface area contributed by atoms with E-state index in [2.05, 4.69) is 41.8 Å². The predicted molar refractivity (Wildman–Crippen MR) is 109 cm³/mol. The van der Waals surface area contributed by atoms with E-state index in [-0.39, 0.29) is 6.61 Å². The Hall–Kier alpha value is -2.08. The van der Waals surface area contributed by atoms with Crippen LogP contribution in [0.3, 0.4) is 0 Å². The number of aryl methyl sites for hydroxylation is 1. The van der Waals surface area contributed by atoms with Gasteiger partial charge in [0.2, 0.25) is 0 Å². The molecule has 0 spiro atoms. The van der Waals surface area contributed by atoms with Crippen molar-refractivity contribution in [2.45, 2.75) is 33.4 Å². The molecule has 2 aromatic carbocycles. The molecule has 0 aliphatic rings. The van der Waals surface area contributed by atoms with Crippen molar-refractivity contribution < 1.29 is 14.6 Å². The maximum Gasteiger partial charge on any atom is 0.161 e. The second kappa shape index (κ2) is 12.3. The smallest absolute Gasteiger partial charge is 0.161 e. The summed E-state index contributed by atoms with van der Waals surface area (Å²) < 4.78 is 11.8. The number of hydrogen-bond donors (Lipinski definition) is 3. The first-order valence-electron chi connectivity index (χ1n) is 9.69. The number of aliphatic hydroxyl groups is 1. The largest absolute Gasteiger partial charge is 0.490 e. The minimum atomic E-state index is 0.186. The molecule has 0 fully saturated rings. The predicted octanol–water partition coefficient (Wildman–Crippen LogP) is 3.03. The number of ether oxygens (including phenoxy) is 2. The molecule has 0 bridgehead atoms. The third-order valence-corrected chi connectivity index (χ3v) is 4.11. The third-order valence-electron chi connectivity index (χ3n) is 4.11. The number of aliphatic hydroxyl groups excluding tert-OH is 1. The molecule has 0 aromatic heterocycles. The van der Waals surface area contributed by atoms with Crippen LogP contribution in [0.4, 0.5) is 0 Å². The molecule has 3 N–H and O–H groups in total. The molecular weight excluding hydrogens is 340 g/mol. The summed E-state index contributed by atoms with van der Waals surface area (Å²) in [4.78, 5) is 0. The average Bonchev–Trinajstić information content (AvgIpc) is 2.67. The number of hydrogen-bond acceptors (Lipinski definition) is 5. The number of benzene rings is 2. The summed E-state index contributed by atoms with van der Waals surface area (Å²) in [5, 5.41) is 15.3. The van der Waals surface area contributed by atoms with E-state index in [1.54, 1.807) is 0 Å². The van der Waals surface area contributed by atoms with Crippen molar-refractivity contribution in [2.75, 3.05) is 32.8 Å². The van der Waals surface area contributed by atoms with Crippen LogP contribution < -0.4 is 20.1 Å². The van der Waals surface area contributed by atoms with E-state index in [0.717, 1.165) is 43.1 Å². The van der Waals surface area contributed by atoms with Crippen LogP contribution in [0, 0.1) is 6.92 Å². The minimum Gasteiger partial charge on any atom is -0.490 e. The van der Waals surface area contributed by atoms with Crippen LogP contribution in [0.5, 0.6) is 11.5 Å². The van der Waals surface area contributed by atoms with Crippen LogP contribution in [0.2, 0.25) is 0 Å². The lowest BCUT2D eigenvalue weighted by Crippen LogP contribution is -2.23. The molecule has 0 aliphatic heterocycles. The van der Waals surface area contributed by atoms with E-state index in [4.69, 9.17) is 14.6 Å². The maximum atomic E-state index is 8.72. The Morgan fingerprint density at radius 3 is 2.52 bits per heavy atom. The van der Waals surface area contributed by atoms with Crippen molar-refractivity contribution >= 4 is 0 Å². The van der Waals surface area contributed by atoms with Crippen LogP contribution in [0.1, 0.15) is 30.0 Å². The summed E-state index contributed by atoms with van der Waals surface area (Å²) in [6.07, 6.45) is 1.02.